The van der Waals surface area contributed by atoms with Gasteiger partial charge in [0.2, 0.25) is 5.95 Å². The molecule has 37 heavy (non-hydrogen) atoms. The highest BCUT2D eigenvalue weighted by molar-refractivity contribution is 5.83. The molecule has 0 amide bonds. The van der Waals surface area contributed by atoms with Crippen LogP contribution in [0.25, 0.3) is 33.3 Å². The molecule has 0 aliphatic carbocycles. The summed E-state index contributed by atoms with van der Waals surface area (Å²) in [4.78, 5) is 17.5. The standard InChI is InChI=1S/C27H28F2N8/c1-15(2)37-16(3)32-26-19(28)11-17(12-23(26)37)25-20(29)13-31-27(35-25)34-24-7-6-22-21(33-24)8-10-36(22)14-18-5-4-9-30-18/h6-8,10-13,15,18,30H,4-5,9,14H2,1-3H3,(H,31,33,34,35). The molecule has 1 aliphatic heterocycles. The number of imidazole rings is 1. The van der Waals surface area contributed by atoms with E-state index < -0.39 is 11.6 Å². The summed E-state index contributed by atoms with van der Waals surface area (Å²) in [5, 5.41) is 6.59. The van der Waals surface area contributed by atoms with E-state index >= 15 is 0 Å². The molecule has 1 unspecified atom stereocenters. The molecule has 190 valence electrons. The van der Waals surface area contributed by atoms with Crippen molar-refractivity contribution in [1.82, 2.24) is 34.4 Å². The van der Waals surface area contributed by atoms with Crippen LogP contribution in [0.2, 0.25) is 0 Å². The van der Waals surface area contributed by atoms with Crippen LogP contribution in [0.3, 0.4) is 0 Å². The Labute approximate surface area is 212 Å². The lowest BCUT2D eigenvalue weighted by Gasteiger charge is -2.13. The smallest absolute Gasteiger partial charge is 0.229 e. The van der Waals surface area contributed by atoms with Crippen LogP contribution in [0, 0.1) is 18.6 Å². The first-order valence-corrected chi connectivity index (χ1v) is 12.5. The van der Waals surface area contributed by atoms with Gasteiger partial charge in [-0.2, -0.15) is 0 Å². The van der Waals surface area contributed by atoms with Gasteiger partial charge in [0.15, 0.2) is 11.6 Å². The Morgan fingerprint density at radius 1 is 1.08 bits per heavy atom. The Kier molecular flexibility index (Phi) is 5.83. The molecule has 5 aromatic rings. The fourth-order valence-electron chi connectivity index (χ4n) is 5.25. The first-order valence-electron chi connectivity index (χ1n) is 12.5. The molecule has 10 heteroatoms. The van der Waals surface area contributed by atoms with Gasteiger partial charge in [-0.3, -0.25) is 0 Å². The molecule has 0 radical (unpaired) electrons. The maximum absolute atomic E-state index is 15.0. The number of hydrogen-bond acceptors (Lipinski definition) is 6. The predicted molar refractivity (Wildman–Crippen MR) is 140 cm³/mol. The van der Waals surface area contributed by atoms with Gasteiger partial charge in [0, 0.05) is 30.4 Å². The molecular weight excluding hydrogens is 474 g/mol. The maximum Gasteiger partial charge on any atom is 0.229 e. The zero-order valence-corrected chi connectivity index (χ0v) is 21.0. The first-order chi connectivity index (χ1) is 17.9. The Balaban J connectivity index is 1.31. The van der Waals surface area contributed by atoms with Gasteiger partial charge in [0.25, 0.3) is 0 Å². The normalized spacial score (nSPS) is 15.9. The lowest BCUT2D eigenvalue weighted by molar-refractivity contribution is 0.519. The Morgan fingerprint density at radius 3 is 2.73 bits per heavy atom. The molecule has 8 nitrogen and oxygen atoms in total. The molecule has 1 atom stereocenters. The fourth-order valence-corrected chi connectivity index (χ4v) is 5.25. The number of nitrogens with one attached hydrogen (secondary N) is 2. The molecule has 1 aliphatic rings. The third-order valence-corrected chi connectivity index (χ3v) is 6.90. The van der Waals surface area contributed by atoms with Crippen LogP contribution in [-0.4, -0.2) is 41.7 Å². The maximum atomic E-state index is 15.0. The molecule has 0 bridgehead atoms. The van der Waals surface area contributed by atoms with Gasteiger partial charge < -0.3 is 19.8 Å². The SMILES string of the molecule is Cc1nc2c(F)cc(-c3nc(Nc4ccc5c(ccn5CC5CCCN5)n4)ncc3F)cc2n1C(C)C. The van der Waals surface area contributed by atoms with E-state index in [2.05, 4.69) is 35.1 Å². The molecule has 0 saturated carbocycles. The van der Waals surface area contributed by atoms with E-state index in [-0.39, 0.29) is 23.2 Å². The number of aryl methyl sites for hydroxylation is 1. The number of benzene rings is 1. The summed E-state index contributed by atoms with van der Waals surface area (Å²) in [6.45, 7) is 7.79. The lowest BCUT2D eigenvalue weighted by atomic mass is 10.1. The molecule has 1 saturated heterocycles. The predicted octanol–water partition coefficient (Wildman–Crippen LogP) is 5.51. The summed E-state index contributed by atoms with van der Waals surface area (Å²) < 4.78 is 33.9. The van der Waals surface area contributed by atoms with Gasteiger partial charge in [-0.05, 0) is 70.5 Å². The lowest BCUT2D eigenvalue weighted by Crippen LogP contribution is -2.26. The highest BCUT2D eigenvalue weighted by atomic mass is 19.1. The van der Waals surface area contributed by atoms with Crippen LogP contribution >= 0.6 is 0 Å². The molecule has 1 aromatic carbocycles. The third kappa shape index (κ3) is 4.31. The number of nitrogens with zero attached hydrogens (tertiary/aromatic N) is 6. The molecular formula is C27H28F2N8. The van der Waals surface area contributed by atoms with Crippen LogP contribution in [0.1, 0.15) is 38.6 Å². The van der Waals surface area contributed by atoms with E-state index in [1.165, 1.54) is 18.9 Å². The van der Waals surface area contributed by atoms with Gasteiger partial charge in [-0.15, -0.1) is 0 Å². The van der Waals surface area contributed by atoms with Crippen LogP contribution < -0.4 is 10.6 Å². The van der Waals surface area contributed by atoms with Crippen molar-refractivity contribution < 1.29 is 8.78 Å². The Morgan fingerprint density at radius 2 is 1.95 bits per heavy atom. The van der Waals surface area contributed by atoms with Crippen LogP contribution in [-0.2, 0) is 6.54 Å². The van der Waals surface area contributed by atoms with Crippen molar-refractivity contribution in [2.75, 3.05) is 11.9 Å². The number of rotatable bonds is 6. The van der Waals surface area contributed by atoms with Crippen molar-refractivity contribution in [3.63, 3.8) is 0 Å². The second-order valence-corrected chi connectivity index (χ2v) is 9.83. The molecule has 4 aromatic heterocycles. The second kappa shape index (κ2) is 9.19. The number of aromatic nitrogens is 6. The number of halogens is 2. The van der Waals surface area contributed by atoms with Gasteiger partial charge in [0.05, 0.1) is 22.7 Å². The minimum Gasteiger partial charge on any atom is -0.345 e. The monoisotopic (exact) mass is 502 g/mol. The molecule has 0 spiro atoms. The van der Waals surface area contributed by atoms with Gasteiger partial charge in [-0.1, -0.05) is 0 Å². The second-order valence-electron chi connectivity index (χ2n) is 9.83. The van der Waals surface area contributed by atoms with Crippen molar-refractivity contribution >= 4 is 33.8 Å². The quantitative estimate of drug-likeness (QED) is 0.319. The molecule has 6 rings (SSSR count). The summed E-state index contributed by atoms with van der Waals surface area (Å²) in [6, 6.07) is 9.36. The van der Waals surface area contributed by atoms with Gasteiger partial charge in [0.1, 0.15) is 22.9 Å². The summed E-state index contributed by atoms with van der Waals surface area (Å²) in [5.41, 5.74) is 3.06. The van der Waals surface area contributed by atoms with Crippen LogP contribution in [0.4, 0.5) is 20.5 Å². The summed E-state index contributed by atoms with van der Waals surface area (Å²) in [5.74, 6) is 0.245. The minimum atomic E-state index is -0.641. The van der Waals surface area contributed by atoms with Gasteiger partial charge in [-0.25, -0.2) is 28.7 Å². The molecule has 5 heterocycles. The first kappa shape index (κ1) is 23.5. The van der Waals surface area contributed by atoms with Crippen molar-refractivity contribution in [2.24, 2.45) is 0 Å². The van der Waals surface area contributed by atoms with Crippen molar-refractivity contribution in [1.29, 1.82) is 0 Å². The zero-order chi connectivity index (χ0) is 25.7. The van der Waals surface area contributed by atoms with Gasteiger partial charge >= 0.3 is 0 Å². The highest BCUT2D eigenvalue weighted by Crippen LogP contribution is 2.30. The number of fused-ring (bicyclic) bond motifs is 2. The number of anilines is 2. The van der Waals surface area contributed by atoms with Crippen LogP contribution in [0.15, 0.2) is 42.7 Å². The average Bonchev–Trinajstić information content (AvgIpc) is 3.59. The Bertz CT molecular complexity index is 1610. The number of pyridine rings is 1. The minimum absolute atomic E-state index is 0.00348. The van der Waals surface area contributed by atoms with E-state index in [4.69, 9.17) is 0 Å². The average molecular weight is 503 g/mol. The van der Waals surface area contributed by atoms with Crippen molar-refractivity contribution in [3.8, 4) is 11.3 Å². The van der Waals surface area contributed by atoms with E-state index in [0.717, 1.165) is 30.3 Å². The fraction of sp³-hybridized carbons (Fsp3) is 0.333. The molecule has 1 fully saturated rings. The van der Waals surface area contributed by atoms with E-state index in [1.807, 2.05) is 49.7 Å². The largest absolute Gasteiger partial charge is 0.345 e. The summed E-state index contributed by atoms with van der Waals surface area (Å²) >= 11 is 0. The topological polar surface area (TPSA) is 85.5 Å². The zero-order valence-electron chi connectivity index (χ0n) is 21.0. The van der Waals surface area contributed by atoms with E-state index in [0.29, 0.717) is 28.8 Å². The third-order valence-electron chi connectivity index (χ3n) is 6.90. The summed E-state index contributed by atoms with van der Waals surface area (Å²) in [7, 11) is 0. The Hall–Kier alpha value is -3.92. The van der Waals surface area contributed by atoms with E-state index in [9.17, 15) is 8.78 Å². The molecule has 2 N–H and O–H groups in total. The van der Waals surface area contributed by atoms with Crippen molar-refractivity contribution in [3.05, 3.63) is 60.2 Å². The summed E-state index contributed by atoms with van der Waals surface area (Å²) in [6.07, 6.45) is 5.51. The van der Waals surface area contributed by atoms with E-state index in [1.54, 1.807) is 6.07 Å². The highest BCUT2D eigenvalue weighted by Gasteiger charge is 2.19. The number of hydrogen-bond donors (Lipinski definition) is 2. The van der Waals surface area contributed by atoms with Crippen LogP contribution in [0.5, 0.6) is 0 Å². The van der Waals surface area contributed by atoms with Crippen molar-refractivity contribution in [2.45, 2.75) is 52.2 Å².